The van der Waals surface area contributed by atoms with Crippen LogP contribution in [0.15, 0.2) is 72.9 Å². The van der Waals surface area contributed by atoms with E-state index in [2.05, 4.69) is 26.8 Å². The Morgan fingerprint density at radius 2 is 1.76 bits per heavy atom. The van der Waals surface area contributed by atoms with Crippen LogP contribution in [-0.4, -0.2) is 15.0 Å². The maximum atomic E-state index is 6.15. The molecule has 0 atom stereocenters. The number of hydrogen-bond donors (Lipinski definition) is 2. The van der Waals surface area contributed by atoms with Crippen molar-refractivity contribution < 1.29 is 0 Å². The van der Waals surface area contributed by atoms with Crippen molar-refractivity contribution in [2.24, 2.45) is 0 Å². The number of nitrogen functional groups attached to an aromatic ring is 1. The Hall–Kier alpha value is -3.81. The predicted octanol–water partition coefficient (Wildman–Crippen LogP) is 5.41. The normalized spacial score (nSPS) is 10.8. The van der Waals surface area contributed by atoms with Crippen molar-refractivity contribution in [3.8, 4) is 23.2 Å². The molecule has 0 aliphatic rings. The Labute approximate surface area is 172 Å². The van der Waals surface area contributed by atoms with E-state index >= 15 is 0 Å². The summed E-state index contributed by atoms with van der Waals surface area (Å²) in [6.45, 7) is 0. The van der Waals surface area contributed by atoms with Crippen LogP contribution in [0, 0.1) is 11.8 Å². The molecule has 0 saturated carbocycles. The number of nitrogens with two attached hydrogens (primary N) is 1. The molecule has 0 aliphatic carbocycles. The molecule has 3 N–H and O–H groups in total. The summed E-state index contributed by atoms with van der Waals surface area (Å²) in [5.74, 6) is 7.57. The zero-order valence-corrected chi connectivity index (χ0v) is 16.0. The first-order valence-corrected chi connectivity index (χ1v) is 9.46. The maximum Gasteiger partial charge on any atom is 0.139 e. The fourth-order valence-electron chi connectivity index (χ4n) is 3.27. The van der Waals surface area contributed by atoms with Gasteiger partial charge in [-0.05, 0) is 36.4 Å². The van der Waals surface area contributed by atoms with Gasteiger partial charge in [0.1, 0.15) is 11.6 Å². The Morgan fingerprint density at radius 3 is 2.59 bits per heavy atom. The minimum absolute atomic E-state index is 0.395. The molecule has 29 heavy (non-hydrogen) atoms. The van der Waals surface area contributed by atoms with Crippen LogP contribution >= 0.6 is 11.6 Å². The summed E-state index contributed by atoms with van der Waals surface area (Å²) in [4.78, 5) is 12.2. The van der Waals surface area contributed by atoms with Gasteiger partial charge in [-0.2, -0.15) is 0 Å². The van der Waals surface area contributed by atoms with Crippen LogP contribution in [0.5, 0.6) is 0 Å². The quantitative estimate of drug-likeness (QED) is 0.373. The number of hydrogen-bond acceptors (Lipinski definition) is 3. The molecule has 0 unspecified atom stereocenters. The molecule has 5 heteroatoms. The van der Waals surface area contributed by atoms with Crippen LogP contribution in [0.4, 0.5) is 5.82 Å². The van der Waals surface area contributed by atoms with Gasteiger partial charge in [0.25, 0.3) is 0 Å². The summed E-state index contributed by atoms with van der Waals surface area (Å²) in [6, 6.07) is 21.5. The lowest BCUT2D eigenvalue weighted by Gasteiger charge is -2.04. The third-order valence-electron chi connectivity index (χ3n) is 4.76. The number of nitrogens with one attached hydrogen (secondary N) is 1. The number of fused-ring (bicyclic) bond motifs is 2. The highest BCUT2D eigenvalue weighted by molar-refractivity contribution is 6.31. The van der Waals surface area contributed by atoms with E-state index in [9.17, 15) is 0 Å². The van der Waals surface area contributed by atoms with Crippen LogP contribution in [0.3, 0.4) is 0 Å². The van der Waals surface area contributed by atoms with Gasteiger partial charge in [-0.3, -0.25) is 0 Å². The molecule has 0 bridgehead atoms. The Balaban J connectivity index is 1.50. The highest BCUT2D eigenvalue weighted by atomic mass is 35.5. The Bertz CT molecular complexity index is 1380. The van der Waals surface area contributed by atoms with Crippen LogP contribution in [0.25, 0.3) is 33.2 Å². The Morgan fingerprint density at radius 1 is 0.931 bits per heavy atom. The topological polar surface area (TPSA) is 67.6 Å². The minimum Gasteiger partial charge on any atom is -0.383 e. The molecule has 3 aromatic carbocycles. The predicted molar refractivity (Wildman–Crippen MR) is 119 cm³/mol. The van der Waals surface area contributed by atoms with Crippen molar-refractivity contribution in [2.45, 2.75) is 0 Å². The van der Waals surface area contributed by atoms with Crippen molar-refractivity contribution in [3.05, 3.63) is 89.1 Å². The number of pyridine rings is 1. The van der Waals surface area contributed by atoms with Gasteiger partial charge in [0.05, 0.1) is 16.6 Å². The SMILES string of the molecule is Nc1ncc2ccc(Cl)cc2c1C#Cc1ccc(-c2nc3ccccc3[nH]2)cc1. The number of nitrogens with zero attached hydrogens (tertiary/aromatic N) is 2. The van der Waals surface area contributed by atoms with Crippen LogP contribution < -0.4 is 5.73 Å². The van der Waals surface area contributed by atoms with E-state index in [-0.39, 0.29) is 0 Å². The second-order valence-electron chi connectivity index (χ2n) is 6.68. The van der Waals surface area contributed by atoms with E-state index in [4.69, 9.17) is 17.3 Å². The highest BCUT2D eigenvalue weighted by Gasteiger charge is 2.06. The lowest BCUT2D eigenvalue weighted by atomic mass is 10.1. The van der Waals surface area contributed by atoms with Crippen LogP contribution in [0.2, 0.25) is 5.02 Å². The van der Waals surface area contributed by atoms with Gasteiger partial charge in [-0.1, -0.05) is 53.8 Å². The summed E-state index contributed by atoms with van der Waals surface area (Å²) in [6.07, 6.45) is 1.73. The van der Waals surface area contributed by atoms with Crippen molar-refractivity contribution >= 4 is 39.2 Å². The smallest absolute Gasteiger partial charge is 0.139 e. The van der Waals surface area contributed by atoms with E-state index in [1.807, 2.05) is 66.7 Å². The van der Waals surface area contributed by atoms with Gasteiger partial charge >= 0.3 is 0 Å². The average molecular weight is 395 g/mol. The number of para-hydroxylation sites is 2. The molecule has 0 saturated heterocycles. The molecule has 4 nitrogen and oxygen atoms in total. The summed E-state index contributed by atoms with van der Waals surface area (Å²) in [7, 11) is 0. The number of H-pyrrole nitrogens is 1. The summed E-state index contributed by atoms with van der Waals surface area (Å²) in [5, 5.41) is 2.49. The number of imidazole rings is 1. The molecule has 2 aromatic heterocycles. The van der Waals surface area contributed by atoms with E-state index in [0.29, 0.717) is 16.4 Å². The second kappa shape index (κ2) is 6.97. The van der Waals surface area contributed by atoms with Gasteiger partial charge in [0.15, 0.2) is 0 Å². The molecule has 2 heterocycles. The molecule has 5 rings (SSSR count). The zero-order chi connectivity index (χ0) is 19.8. The van der Waals surface area contributed by atoms with Crippen molar-refractivity contribution in [2.75, 3.05) is 5.73 Å². The fraction of sp³-hybridized carbons (Fsp3) is 0. The van der Waals surface area contributed by atoms with Crippen LogP contribution in [-0.2, 0) is 0 Å². The van der Waals surface area contributed by atoms with Crippen molar-refractivity contribution in [1.29, 1.82) is 0 Å². The molecular weight excluding hydrogens is 380 g/mol. The van der Waals surface area contributed by atoms with Crippen molar-refractivity contribution in [3.63, 3.8) is 0 Å². The number of anilines is 1. The van der Waals surface area contributed by atoms with E-state index < -0.39 is 0 Å². The largest absolute Gasteiger partial charge is 0.383 e. The fourth-order valence-corrected chi connectivity index (χ4v) is 3.44. The molecule has 0 fully saturated rings. The lowest BCUT2D eigenvalue weighted by molar-refractivity contribution is 1.33. The highest BCUT2D eigenvalue weighted by Crippen LogP contribution is 2.25. The van der Waals surface area contributed by atoms with E-state index in [1.165, 1.54) is 0 Å². The summed E-state index contributed by atoms with van der Waals surface area (Å²) >= 11 is 6.15. The van der Waals surface area contributed by atoms with Gasteiger partial charge in [0.2, 0.25) is 0 Å². The first-order chi connectivity index (χ1) is 14.2. The standard InChI is InChI=1S/C24H15ClN4/c25-18-11-10-17-14-27-23(26)19(20(17)13-18)12-7-15-5-8-16(9-6-15)24-28-21-3-1-2-4-22(21)29-24/h1-6,8-11,13-14H,(H2,26,27)(H,28,29). The summed E-state index contributed by atoms with van der Waals surface area (Å²) < 4.78 is 0. The zero-order valence-electron chi connectivity index (χ0n) is 15.3. The van der Waals surface area contributed by atoms with Gasteiger partial charge in [-0.15, -0.1) is 0 Å². The first kappa shape index (κ1) is 17.3. The number of benzene rings is 3. The first-order valence-electron chi connectivity index (χ1n) is 9.08. The van der Waals surface area contributed by atoms with Crippen LogP contribution in [0.1, 0.15) is 11.1 Å². The lowest BCUT2D eigenvalue weighted by Crippen LogP contribution is -1.95. The number of aromatic nitrogens is 3. The van der Waals surface area contributed by atoms with Gasteiger partial charge in [-0.25, -0.2) is 9.97 Å². The molecule has 0 aliphatic heterocycles. The second-order valence-corrected chi connectivity index (χ2v) is 7.12. The average Bonchev–Trinajstić information content (AvgIpc) is 3.18. The molecule has 0 radical (unpaired) electrons. The molecule has 138 valence electrons. The van der Waals surface area contributed by atoms with Crippen molar-refractivity contribution in [1.82, 2.24) is 15.0 Å². The summed E-state index contributed by atoms with van der Waals surface area (Å²) in [5.41, 5.74) is 10.6. The third-order valence-corrected chi connectivity index (χ3v) is 5.00. The number of halogens is 1. The molecule has 0 amide bonds. The molecule has 5 aromatic rings. The van der Waals surface area contributed by atoms with Gasteiger partial charge < -0.3 is 10.7 Å². The van der Waals surface area contributed by atoms with E-state index in [1.54, 1.807) is 6.20 Å². The third kappa shape index (κ3) is 3.29. The number of aromatic amines is 1. The Kier molecular flexibility index (Phi) is 4.16. The monoisotopic (exact) mass is 394 g/mol. The van der Waals surface area contributed by atoms with Gasteiger partial charge in [0, 0.05) is 33.1 Å². The maximum absolute atomic E-state index is 6.15. The number of rotatable bonds is 1. The molecule has 0 spiro atoms. The molecular formula is C24H15ClN4. The minimum atomic E-state index is 0.395. The van der Waals surface area contributed by atoms with E-state index in [0.717, 1.165) is 38.8 Å².